The van der Waals surface area contributed by atoms with Gasteiger partial charge in [-0.05, 0) is 73.9 Å². The molecule has 0 atom stereocenters. The number of benzene rings is 2. The molecule has 2 aromatic carbocycles. The van der Waals surface area contributed by atoms with E-state index < -0.39 is 0 Å². The summed E-state index contributed by atoms with van der Waals surface area (Å²) in [6.45, 7) is 7.82. The number of allylic oxidation sites excluding steroid dienone is 2. The molecule has 0 unspecified atom stereocenters. The topological polar surface area (TPSA) is 86.7 Å². The molecule has 0 amide bonds. The first-order valence-corrected chi connectivity index (χ1v) is 10.4. The number of nitrogens with two attached hydrogens (primary N) is 1. The van der Waals surface area contributed by atoms with Crippen LogP contribution in [0.5, 0.6) is 5.75 Å². The van der Waals surface area contributed by atoms with Gasteiger partial charge in [0.25, 0.3) is 0 Å². The van der Waals surface area contributed by atoms with Crippen molar-refractivity contribution in [1.29, 1.82) is 5.41 Å². The van der Waals surface area contributed by atoms with Gasteiger partial charge >= 0.3 is 0 Å². The van der Waals surface area contributed by atoms with Crippen LogP contribution in [-0.2, 0) is 13.1 Å². The van der Waals surface area contributed by atoms with Crippen molar-refractivity contribution >= 4 is 23.4 Å². The highest BCUT2D eigenvalue weighted by Crippen LogP contribution is 2.30. The zero-order valence-corrected chi connectivity index (χ0v) is 18.7. The van der Waals surface area contributed by atoms with Crippen LogP contribution >= 0.6 is 0 Å². The van der Waals surface area contributed by atoms with Crippen LogP contribution in [0.2, 0.25) is 0 Å². The van der Waals surface area contributed by atoms with E-state index in [1.807, 2.05) is 38.1 Å². The van der Waals surface area contributed by atoms with Gasteiger partial charge in [0.15, 0.2) is 0 Å². The molecule has 0 aromatic heterocycles. The van der Waals surface area contributed by atoms with Gasteiger partial charge in [-0.15, -0.1) is 0 Å². The lowest BCUT2D eigenvalue weighted by Gasteiger charge is -2.19. The molecular weight excluding hydrogens is 386 g/mol. The Kier molecular flexibility index (Phi) is 7.13. The Labute approximate surface area is 184 Å². The van der Waals surface area contributed by atoms with Crippen LogP contribution in [-0.4, -0.2) is 24.1 Å². The zero-order valence-electron chi connectivity index (χ0n) is 18.7. The van der Waals surface area contributed by atoms with Gasteiger partial charge in [0.1, 0.15) is 17.4 Å². The summed E-state index contributed by atoms with van der Waals surface area (Å²) in [5.74, 6) is 2.55. The molecule has 0 fully saturated rings. The Morgan fingerprint density at radius 3 is 2.65 bits per heavy atom. The number of amidine groups is 1. The molecule has 6 nitrogen and oxygen atoms in total. The largest absolute Gasteiger partial charge is 0.497 e. The van der Waals surface area contributed by atoms with Gasteiger partial charge in [0, 0.05) is 36.2 Å². The number of nitrogens with zero attached hydrogens (tertiary/aromatic N) is 2. The summed E-state index contributed by atoms with van der Waals surface area (Å²) < 4.78 is 5.38. The van der Waals surface area contributed by atoms with Gasteiger partial charge in [-0.25, -0.2) is 4.99 Å². The number of aliphatic imine (C=N–C) groups is 1. The average Bonchev–Trinajstić information content (AvgIpc) is 3.17. The molecule has 162 valence electrons. The molecule has 31 heavy (non-hydrogen) atoms. The van der Waals surface area contributed by atoms with Gasteiger partial charge in [-0.2, -0.15) is 0 Å². The van der Waals surface area contributed by atoms with Crippen LogP contribution in [0.25, 0.3) is 0 Å². The van der Waals surface area contributed by atoms with E-state index in [0.29, 0.717) is 11.3 Å². The Bertz CT molecular complexity index is 1050. The maximum absolute atomic E-state index is 7.55. The van der Waals surface area contributed by atoms with Crippen molar-refractivity contribution in [3.05, 3.63) is 76.6 Å². The third-order valence-electron chi connectivity index (χ3n) is 5.02. The first-order valence-electron chi connectivity index (χ1n) is 10.4. The smallest absolute Gasteiger partial charge is 0.132 e. The number of fused-ring (bicyclic) bond motifs is 1. The Morgan fingerprint density at radius 1 is 1.19 bits per heavy atom. The minimum Gasteiger partial charge on any atom is -0.497 e. The number of anilines is 2. The summed E-state index contributed by atoms with van der Waals surface area (Å²) in [6, 6.07) is 11.8. The molecule has 1 heterocycles. The van der Waals surface area contributed by atoms with Crippen molar-refractivity contribution in [3.63, 3.8) is 0 Å². The average molecular weight is 418 g/mol. The van der Waals surface area contributed by atoms with Gasteiger partial charge in [0.05, 0.1) is 7.11 Å². The number of nitrogen functional groups attached to an aromatic ring is 1. The summed E-state index contributed by atoms with van der Waals surface area (Å²) in [5, 5.41) is 10.9. The lowest BCUT2D eigenvalue weighted by molar-refractivity contribution is 0.357. The molecule has 0 saturated carbocycles. The van der Waals surface area contributed by atoms with Gasteiger partial charge < -0.3 is 26.1 Å². The van der Waals surface area contributed by atoms with Crippen LogP contribution in [0.1, 0.15) is 43.9 Å². The third kappa shape index (κ3) is 5.54. The van der Waals surface area contributed by atoms with E-state index in [0.717, 1.165) is 48.2 Å². The van der Waals surface area contributed by atoms with Crippen molar-refractivity contribution in [1.82, 2.24) is 4.90 Å². The van der Waals surface area contributed by atoms with Crippen LogP contribution in [0.3, 0.4) is 0 Å². The molecule has 4 N–H and O–H groups in total. The number of nitrogens with one attached hydrogen (secondary N) is 2. The fourth-order valence-corrected chi connectivity index (χ4v) is 3.51. The van der Waals surface area contributed by atoms with E-state index in [1.165, 1.54) is 17.3 Å². The third-order valence-corrected chi connectivity index (χ3v) is 5.02. The molecule has 0 aliphatic carbocycles. The van der Waals surface area contributed by atoms with Crippen molar-refractivity contribution < 1.29 is 4.74 Å². The number of hydrogen-bond acceptors (Lipinski definition) is 5. The first kappa shape index (κ1) is 22.2. The van der Waals surface area contributed by atoms with E-state index in [9.17, 15) is 0 Å². The fraction of sp³-hybridized carbons (Fsp3) is 0.280. The van der Waals surface area contributed by atoms with E-state index in [4.69, 9.17) is 20.9 Å². The van der Waals surface area contributed by atoms with E-state index in [1.54, 1.807) is 13.2 Å². The molecule has 0 radical (unpaired) electrons. The van der Waals surface area contributed by atoms with E-state index in [-0.39, 0.29) is 0 Å². The predicted octanol–water partition coefficient (Wildman–Crippen LogP) is 5.32. The fourth-order valence-electron chi connectivity index (χ4n) is 3.51. The Balaban J connectivity index is 1.90. The van der Waals surface area contributed by atoms with Gasteiger partial charge in [0.2, 0.25) is 0 Å². The number of methoxy groups -OCH3 is 1. The molecule has 3 rings (SSSR count). The van der Waals surface area contributed by atoms with Crippen LogP contribution < -0.4 is 15.8 Å². The number of hydrogen-bond donors (Lipinski definition) is 3. The molecule has 2 aromatic rings. The molecule has 0 spiro atoms. The summed E-state index contributed by atoms with van der Waals surface area (Å²) in [6.07, 6.45) is 6.32. The van der Waals surface area contributed by atoms with Crippen molar-refractivity contribution in [2.45, 2.75) is 40.3 Å². The summed E-state index contributed by atoms with van der Waals surface area (Å²) in [7, 11) is 1.69. The highest BCUT2D eigenvalue weighted by atomic mass is 16.5. The molecule has 1 aliphatic rings. The monoisotopic (exact) mass is 417 g/mol. The number of rotatable bonds is 7. The maximum Gasteiger partial charge on any atom is 0.132 e. The molecule has 0 bridgehead atoms. The van der Waals surface area contributed by atoms with E-state index in [2.05, 4.69) is 35.3 Å². The highest BCUT2D eigenvalue weighted by molar-refractivity contribution is 6.05. The zero-order chi connectivity index (χ0) is 22.4. The first-order chi connectivity index (χ1) is 14.9. The van der Waals surface area contributed by atoms with Crippen molar-refractivity contribution in [2.24, 2.45) is 4.99 Å². The SMILES string of the molecule is CC/C=C(/N=C(C=C(C)C)Nc1ccc(N)c(C=N)c1)N1Cc2ccc(OC)cc2C1. The molecule has 0 saturated heterocycles. The van der Waals surface area contributed by atoms with Crippen LogP contribution in [0, 0.1) is 5.41 Å². The normalized spacial score (nSPS) is 13.6. The van der Waals surface area contributed by atoms with Crippen LogP contribution in [0.4, 0.5) is 11.4 Å². The van der Waals surface area contributed by atoms with Crippen molar-refractivity contribution in [3.8, 4) is 5.75 Å². The van der Waals surface area contributed by atoms with E-state index >= 15 is 0 Å². The predicted molar refractivity (Wildman–Crippen MR) is 130 cm³/mol. The lowest BCUT2D eigenvalue weighted by Crippen LogP contribution is -2.18. The van der Waals surface area contributed by atoms with Crippen LogP contribution in [0.15, 0.2) is 64.9 Å². The Morgan fingerprint density at radius 2 is 1.97 bits per heavy atom. The number of ether oxygens (including phenoxy) is 1. The standard InChI is InChI=1S/C25H31N5O/c1-5-6-25(30-15-18-7-9-22(31-4)13-20(18)16-30)29-24(11-17(2)3)28-21-8-10-23(27)19(12-21)14-26/h6-14,26H,5,15-16,27H2,1-4H3,(H,28,29)/b25-6-,26-14?. The molecule has 1 aliphatic heterocycles. The second-order valence-corrected chi connectivity index (χ2v) is 7.79. The molecular formula is C25H31N5O. The van der Waals surface area contributed by atoms with Crippen molar-refractivity contribution in [2.75, 3.05) is 18.2 Å². The second kappa shape index (κ2) is 9.98. The highest BCUT2D eigenvalue weighted by Gasteiger charge is 2.21. The summed E-state index contributed by atoms with van der Waals surface area (Å²) >= 11 is 0. The maximum atomic E-state index is 7.55. The molecule has 6 heteroatoms. The van der Waals surface area contributed by atoms with Gasteiger partial charge in [-0.3, -0.25) is 0 Å². The minimum absolute atomic E-state index is 0.582. The summed E-state index contributed by atoms with van der Waals surface area (Å²) in [4.78, 5) is 7.26. The Hall–Kier alpha value is -3.54. The quantitative estimate of drug-likeness (QED) is 0.323. The second-order valence-electron chi connectivity index (χ2n) is 7.79. The lowest BCUT2D eigenvalue weighted by atomic mass is 10.1. The summed E-state index contributed by atoms with van der Waals surface area (Å²) in [5.41, 5.74) is 11.7. The van der Waals surface area contributed by atoms with Gasteiger partial charge in [-0.1, -0.05) is 18.6 Å². The minimum atomic E-state index is 0.582.